The number of carboxylic acids is 2. The molecular formula is C46H42N4O4. The second-order valence-electron chi connectivity index (χ2n) is 14.4. The number of hydrogen-bond donors (Lipinski definition) is 2. The lowest BCUT2D eigenvalue weighted by molar-refractivity contribution is 0.0680. The van der Waals surface area contributed by atoms with E-state index in [2.05, 4.69) is 95.8 Å². The van der Waals surface area contributed by atoms with Crippen LogP contribution in [0.5, 0.6) is 0 Å². The van der Waals surface area contributed by atoms with E-state index < -0.39 is 11.9 Å². The highest BCUT2D eigenvalue weighted by atomic mass is 16.4. The summed E-state index contributed by atoms with van der Waals surface area (Å²) >= 11 is 0. The van der Waals surface area contributed by atoms with Crippen LogP contribution in [-0.2, 0) is 25.9 Å². The average Bonchev–Trinajstić information content (AvgIpc) is 3.67. The van der Waals surface area contributed by atoms with Crippen molar-refractivity contribution in [3.05, 3.63) is 154 Å². The molecule has 0 aliphatic rings. The molecule has 0 aliphatic carbocycles. The third-order valence-corrected chi connectivity index (χ3v) is 10.6. The van der Waals surface area contributed by atoms with E-state index in [0.29, 0.717) is 25.9 Å². The molecule has 0 atom stereocenters. The number of benzene rings is 4. The molecule has 4 aromatic heterocycles. The number of rotatable bonds is 13. The van der Waals surface area contributed by atoms with Gasteiger partial charge in [-0.05, 0) is 74.9 Å². The van der Waals surface area contributed by atoms with Gasteiger partial charge in [0.2, 0.25) is 0 Å². The first-order valence-electron chi connectivity index (χ1n) is 18.6. The smallest absolute Gasteiger partial charge is 0.354 e. The van der Waals surface area contributed by atoms with E-state index in [-0.39, 0.29) is 11.4 Å². The third-order valence-electron chi connectivity index (χ3n) is 10.6. The van der Waals surface area contributed by atoms with Crippen molar-refractivity contribution < 1.29 is 19.8 Å². The summed E-state index contributed by atoms with van der Waals surface area (Å²) in [6, 6.07) is 36.8. The fraction of sp³-hybridized carbons (Fsp3) is 0.217. The molecule has 0 unspecified atom stereocenters. The number of aromatic nitrogens is 4. The topological polar surface area (TPSA) is 110 Å². The van der Waals surface area contributed by atoms with Gasteiger partial charge in [0.15, 0.2) is 0 Å². The standard InChI is InChI=1S/C46H42N4O4/c1-29-17-21-31(22-18-29)27-49-41-15-9-7-11-33(41)35-25-39(45(51)52)47-37(43(35)49)13-5-3-4-6-14-38-44-36(26-40(48-38)46(53)54)34-12-8-10-16-42(34)50(44)28-32-23-19-30(2)20-24-32/h7-12,15-26H,3-6,13-14,27-28H2,1-2H3,(H,51,52)(H,53,54). The van der Waals surface area contributed by atoms with Gasteiger partial charge in [-0.3, -0.25) is 0 Å². The van der Waals surface area contributed by atoms with E-state index in [1.165, 1.54) is 22.3 Å². The van der Waals surface area contributed by atoms with Gasteiger partial charge in [-0.1, -0.05) is 109 Å². The van der Waals surface area contributed by atoms with Crippen LogP contribution in [0.25, 0.3) is 43.6 Å². The van der Waals surface area contributed by atoms with Crippen LogP contribution in [-0.4, -0.2) is 41.3 Å². The Morgan fingerprint density at radius 2 is 0.907 bits per heavy atom. The molecule has 8 heteroatoms. The van der Waals surface area contributed by atoms with Crippen LogP contribution in [0.4, 0.5) is 0 Å². The minimum Gasteiger partial charge on any atom is -0.477 e. The number of para-hydroxylation sites is 2. The molecule has 8 aromatic rings. The van der Waals surface area contributed by atoms with Crippen LogP contribution < -0.4 is 0 Å². The molecule has 8 rings (SSSR count). The van der Waals surface area contributed by atoms with Gasteiger partial charge in [0.25, 0.3) is 0 Å². The minimum atomic E-state index is -1.03. The zero-order valence-corrected chi connectivity index (χ0v) is 30.5. The molecule has 4 heterocycles. The van der Waals surface area contributed by atoms with Gasteiger partial charge in [-0.2, -0.15) is 0 Å². The average molecular weight is 715 g/mol. The second kappa shape index (κ2) is 14.6. The molecular weight excluding hydrogens is 673 g/mol. The Morgan fingerprint density at radius 1 is 0.519 bits per heavy atom. The SMILES string of the molecule is Cc1ccc(Cn2c3ccccc3c3cc(C(=O)O)nc(CCCCCCc4nc(C(=O)O)cc5c6ccccc6n(Cc6ccc(C)cc6)c45)c32)cc1. The van der Waals surface area contributed by atoms with E-state index in [4.69, 9.17) is 9.97 Å². The van der Waals surface area contributed by atoms with E-state index in [1.54, 1.807) is 12.1 Å². The van der Waals surface area contributed by atoms with Crippen LogP contribution in [0, 0.1) is 13.8 Å². The summed E-state index contributed by atoms with van der Waals surface area (Å²) in [7, 11) is 0. The summed E-state index contributed by atoms with van der Waals surface area (Å²) in [6.07, 6.45) is 4.78. The zero-order chi connectivity index (χ0) is 37.3. The Kier molecular flexibility index (Phi) is 9.42. The lowest BCUT2D eigenvalue weighted by Gasteiger charge is -2.13. The number of unbranched alkanes of at least 4 members (excludes halogenated alkanes) is 3. The maximum absolute atomic E-state index is 12.3. The fourth-order valence-electron chi connectivity index (χ4n) is 7.90. The number of aromatic carboxylic acids is 2. The monoisotopic (exact) mass is 714 g/mol. The van der Waals surface area contributed by atoms with Crippen LogP contribution in [0.15, 0.2) is 109 Å². The molecule has 0 bridgehead atoms. The van der Waals surface area contributed by atoms with E-state index >= 15 is 0 Å². The molecule has 4 aromatic carbocycles. The van der Waals surface area contributed by atoms with Crippen molar-refractivity contribution >= 4 is 55.6 Å². The largest absolute Gasteiger partial charge is 0.477 e. The molecule has 0 amide bonds. The molecule has 2 N–H and O–H groups in total. The molecule has 0 radical (unpaired) electrons. The predicted octanol–water partition coefficient (Wildman–Crippen LogP) is 10.1. The van der Waals surface area contributed by atoms with Gasteiger partial charge >= 0.3 is 11.9 Å². The molecule has 0 aliphatic heterocycles. The Morgan fingerprint density at radius 3 is 1.30 bits per heavy atom. The first-order chi connectivity index (χ1) is 26.2. The van der Waals surface area contributed by atoms with Crippen molar-refractivity contribution in [3.8, 4) is 0 Å². The quantitative estimate of drug-likeness (QED) is 0.115. The van der Waals surface area contributed by atoms with Gasteiger partial charge < -0.3 is 19.3 Å². The maximum Gasteiger partial charge on any atom is 0.354 e. The molecule has 0 saturated heterocycles. The lowest BCUT2D eigenvalue weighted by Crippen LogP contribution is -2.08. The van der Waals surface area contributed by atoms with Crippen molar-refractivity contribution in [3.63, 3.8) is 0 Å². The summed E-state index contributed by atoms with van der Waals surface area (Å²) in [5.41, 5.74) is 10.5. The van der Waals surface area contributed by atoms with Gasteiger partial charge in [-0.25, -0.2) is 19.6 Å². The normalized spacial score (nSPS) is 11.7. The van der Waals surface area contributed by atoms with Crippen molar-refractivity contribution in [1.29, 1.82) is 0 Å². The Bertz CT molecular complexity index is 2500. The number of hydrogen-bond acceptors (Lipinski definition) is 4. The summed E-state index contributed by atoms with van der Waals surface area (Å²) in [5, 5.41) is 23.9. The Hall–Kier alpha value is -6.28. The maximum atomic E-state index is 12.3. The predicted molar refractivity (Wildman–Crippen MR) is 215 cm³/mol. The molecule has 0 fully saturated rings. The van der Waals surface area contributed by atoms with Crippen LogP contribution >= 0.6 is 0 Å². The lowest BCUT2D eigenvalue weighted by atomic mass is 10.0. The number of nitrogens with zero attached hydrogens (tertiary/aromatic N) is 4. The third kappa shape index (κ3) is 6.71. The summed E-state index contributed by atoms with van der Waals surface area (Å²) in [6.45, 7) is 5.47. The second-order valence-corrected chi connectivity index (χ2v) is 14.4. The van der Waals surface area contributed by atoms with Crippen LogP contribution in [0.3, 0.4) is 0 Å². The minimum absolute atomic E-state index is 0.0603. The molecule has 54 heavy (non-hydrogen) atoms. The highest BCUT2D eigenvalue weighted by molar-refractivity contribution is 6.11. The first-order valence-corrected chi connectivity index (χ1v) is 18.6. The number of carboxylic acid groups (broad SMARTS) is 2. The van der Waals surface area contributed by atoms with Gasteiger partial charge in [0.05, 0.1) is 22.4 Å². The van der Waals surface area contributed by atoms with Gasteiger partial charge in [0, 0.05) is 45.7 Å². The van der Waals surface area contributed by atoms with Crippen molar-refractivity contribution in [2.75, 3.05) is 0 Å². The highest BCUT2D eigenvalue weighted by Crippen LogP contribution is 2.35. The van der Waals surface area contributed by atoms with Crippen molar-refractivity contribution in [2.24, 2.45) is 0 Å². The van der Waals surface area contributed by atoms with Crippen molar-refractivity contribution in [1.82, 2.24) is 19.1 Å². The first kappa shape index (κ1) is 34.8. The number of fused-ring (bicyclic) bond motifs is 6. The molecule has 8 nitrogen and oxygen atoms in total. The summed E-state index contributed by atoms with van der Waals surface area (Å²) < 4.78 is 4.57. The molecule has 270 valence electrons. The summed E-state index contributed by atoms with van der Waals surface area (Å²) in [4.78, 5) is 33.9. The Labute approximate surface area is 313 Å². The molecule has 0 saturated carbocycles. The number of aryl methyl sites for hydroxylation is 4. The number of pyridine rings is 2. The van der Waals surface area contributed by atoms with E-state index in [1.807, 2.05) is 24.3 Å². The fourth-order valence-corrected chi connectivity index (χ4v) is 7.90. The zero-order valence-electron chi connectivity index (χ0n) is 30.5. The van der Waals surface area contributed by atoms with Gasteiger partial charge in [0.1, 0.15) is 11.4 Å². The van der Waals surface area contributed by atoms with E-state index in [9.17, 15) is 19.8 Å². The van der Waals surface area contributed by atoms with Crippen LogP contribution in [0.1, 0.15) is 80.3 Å². The Balaban J connectivity index is 1.06. The van der Waals surface area contributed by atoms with Crippen LogP contribution in [0.2, 0.25) is 0 Å². The summed E-state index contributed by atoms with van der Waals surface area (Å²) in [5.74, 6) is -2.06. The van der Waals surface area contributed by atoms with E-state index in [0.717, 1.165) is 80.7 Å². The highest BCUT2D eigenvalue weighted by Gasteiger charge is 2.21. The van der Waals surface area contributed by atoms with Crippen molar-refractivity contribution in [2.45, 2.75) is 65.5 Å². The molecule has 0 spiro atoms. The number of carbonyl (C=O) groups is 2. The van der Waals surface area contributed by atoms with Gasteiger partial charge in [-0.15, -0.1) is 0 Å².